The van der Waals surface area contributed by atoms with Crippen LogP contribution in [0.4, 0.5) is 0 Å². The van der Waals surface area contributed by atoms with Crippen LogP contribution in [0.15, 0.2) is 0 Å². The lowest BCUT2D eigenvalue weighted by Gasteiger charge is -2.58. The van der Waals surface area contributed by atoms with Crippen molar-refractivity contribution in [1.82, 2.24) is 19.6 Å². The first kappa shape index (κ1) is 56.6. The molecule has 4 heterocycles. The number of nitrogens with zero attached hydrogens (tertiary/aromatic N) is 4. The average molecular weight is 928 g/mol. The molecule has 8 fully saturated rings. The summed E-state index contributed by atoms with van der Waals surface area (Å²) in [6.07, 6.45) is 17.4. The summed E-state index contributed by atoms with van der Waals surface area (Å²) >= 11 is 0. The van der Waals surface area contributed by atoms with Gasteiger partial charge in [-0.3, -0.25) is 19.6 Å². The van der Waals surface area contributed by atoms with Crippen molar-refractivity contribution in [1.29, 1.82) is 0 Å². The van der Waals surface area contributed by atoms with E-state index in [1.54, 1.807) is 0 Å². The highest BCUT2D eigenvalue weighted by Crippen LogP contribution is 2.56. The Hall–Kier alpha value is -0.280. The topological polar surface area (TPSA) is 40.6 Å². The van der Waals surface area contributed by atoms with Gasteiger partial charge in [-0.05, 0) is 182 Å². The molecule has 7 heteroatoms. The summed E-state index contributed by atoms with van der Waals surface area (Å²) in [6.45, 7) is 62.5. The Morgan fingerprint density at radius 3 is 0.803 bits per heavy atom. The number of morpholine rings is 3. The first-order valence-electron chi connectivity index (χ1n) is 27.6. The molecule has 8 aliphatic rings. The molecule has 8 rings (SSSR count). The first-order chi connectivity index (χ1) is 29.6. The van der Waals surface area contributed by atoms with E-state index in [-0.39, 0.29) is 33.4 Å². The highest BCUT2D eigenvalue weighted by Gasteiger charge is 2.58. The molecule has 4 aliphatic carbocycles. The van der Waals surface area contributed by atoms with Crippen LogP contribution in [0.25, 0.3) is 0 Å². The van der Waals surface area contributed by atoms with Crippen LogP contribution in [0, 0.1) is 21.7 Å². The number of hydrogen-bond acceptors (Lipinski definition) is 7. The van der Waals surface area contributed by atoms with Crippen LogP contribution < -0.4 is 0 Å². The van der Waals surface area contributed by atoms with Gasteiger partial charge in [0, 0.05) is 71.5 Å². The number of hydrogen-bond donors (Lipinski definition) is 0. The maximum atomic E-state index is 6.22. The maximum Gasteiger partial charge on any atom is 0.0812 e. The Bertz CT molecular complexity index is 1490. The van der Waals surface area contributed by atoms with E-state index in [1.165, 1.54) is 83.5 Å². The van der Waals surface area contributed by atoms with E-state index in [1.807, 2.05) is 0 Å². The lowest BCUT2D eigenvalue weighted by atomic mass is 9.74. The van der Waals surface area contributed by atoms with E-state index in [2.05, 4.69) is 186 Å². The van der Waals surface area contributed by atoms with E-state index in [9.17, 15) is 0 Å². The normalized spacial score (nSPS) is 30.5. The molecular formula is C59H114N4O3. The van der Waals surface area contributed by atoms with Gasteiger partial charge in [0.05, 0.1) is 36.6 Å². The van der Waals surface area contributed by atoms with Gasteiger partial charge in [-0.25, -0.2) is 0 Å². The van der Waals surface area contributed by atoms with Gasteiger partial charge in [0.1, 0.15) is 0 Å². The zero-order valence-electron chi connectivity index (χ0n) is 48.8. The first-order valence-corrected chi connectivity index (χ1v) is 27.6. The highest BCUT2D eigenvalue weighted by atomic mass is 16.5. The SMILES string of the molecule is CC(C)(C)C1CCCC2(CC2)N1C(C)(C)C.CC(C)(C)C1COC2(CC2)CN1C(C)(C)C.CC(C)(C)C1COC2(CCC2)CN1C(C)(C)C.CC(C)(C)C1COC2(CCC2)CN1C(C)(C)C. The molecule has 0 amide bonds. The van der Waals surface area contributed by atoms with Gasteiger partial charge < -0.3 is 14.2 Å². The predicted molar refractivity (Wildman–Crippen MR) is 283 cm³/mol. The highest BCUT2D eigenvalue weighted by molar-refractivity contribution is 5.13. The summed E-state index contributed by atoms with van der Waals surface area (Å²) in [4.78, 5) is 10.9. The van der Waals surface area contributed by atoms with Crippen molar-refractivity contribution in [3.05, 3.63) is 0 Å². The van der Waals surface area contributed by atoms with Crippen molar-refractivity contribution >= 4 is 0 Å². The molecule has 4 unspecified atom stereocenters. The number of likely N-dealkylation sites (tertiary alicyclic amines) is 1. The van der Waals surface area contributed by atoms with Crippen LogP contribution in [0.2, 0.25) is 0 Å². The fourth-order valence-corrected chi connectivity index (χ4v) is 12.7. The number of ether oxygens (including phenoxy) is 3. The second-order valence-electron chi connectivity index (χ2n) is 31.8. The van der Waals surface area contributed by atoms with E-state index in [0.717, 1.165) is 45.5 Å². The van der Waals surface area contributed by atoms with Crippen molar-refractivity contribution in [3.8, 4) is 0 Å². The number of rotatable bonds is 0. The van der Waals surface area contributed by atoms with Crippen molar-refractivity contribution in [2.45, 2.75) is 318 Å². The average Bonchev–Trinajstić information content (AvgIpc) is 4.05. The minimum atomic E-state index is 0.203. The van der Waals surface area contributed by atoms with Gasteiger partial charge in [0.15, 0.2) is 0 Å². The molecule has 4 aliphatic heterocycles. The van der Waals surface area contributed by atoms with Crippen LogP contribution in [0.5, 0.6) is 0 Å². The predicted octanol–water partition coefficient (Wildman–Crippen LogP) is 14.2. The van der Waals surface area contributed by atoms with E-state index >= 15 is 0 Å². The summed E-state index contributed by atoms with van der Waals surface area (Å²) in [5.74, 6) is 0. The minimum absolute atomic E-state index is 0.203. The van der Waals surface area contributed by atoms with Crippen LogP contribution in [0.1, 0.15) is 250 Å². The quantitative estimate of drug-likeness (QED) is 0.240. The summed E-state index contributed by atoms with van der Waals surface area (Å²) < 4.78 is 18.5. The van der Waals surface area contributed by atoms with Gasteiger partial charge in [-0.2, -0.15) is 0 Å². The third-order valence-corrected chi connectivity index (χ3v) is 17.6. The Balaban J connectivity index is 0.000000165. The molecule has 4 atom stereocenters. The third-order valence-electron chi connectivity index (χ3n) is 17.6. The zero-order chi connectivity index (χ0) is 50.2. The summed E-state index contributed by atoms with van der Waals surface area (Å²) in [5, 5.41) is 0. The fourth-order valence-electron chi connectivity index (χ4n) is 12.7. The molecular weight excluding hydrogens is 813 g/mol. The van der Waals surface area contributed by atoms with Crippen LogP contribution in [-0.2, 0) is 14.2 Å². The number of piperidine rings is 1. The molecule has 0 bridgehead atoms. The van der Waals surface area contributed by atoms with E-state index in [0.29, 0.717) is 50.9 Å². The molecule has 0 aromatic carbocycles. The van der Waals surface area contributed by atoms with Gasteiger partial charge in [-0.15, -0.1) is 0 Å². The van der Waals surface area contributed by atoms with E-state index in [4.69, 9.17) is 14.2 Å². The molecule has 7 nitrogen and oxygen atoms in total. The molecule has 0 N–H and O–H groups in total. The van der Waals surface area contributed by atoms with Gasteiger partial charge >= 0.3 is 0 Å². The zero-order valence-corrected chi connectivity index (χ0v) is 48.8. The van der Waals surface area contributed by atoms with Crippen LogP contribution in [0.3, 0.4) is 0 Å². The van der Waals surface area contributed by atoms with Crippen molar-refractivity contribution in [2.24, 2.45) is 21.7 Å². The second-order valence-corrected chi connectivity index (χ2v) is 31.8. The van der Waals surface area contributed by atoms with Gasteiger partial charge in [0.2, 0.25) is 0 Å². The standard InChI is InChI=1S/2C15H29NO.C15H29N.C14H27NO/c2*1-13(2,3)12-10-17-15(8-7-9-15)11-16(12)14(4,5)6;1-13(2,3)12-8-7-9-15(10-11-15)16(12)14(4,5)6;1-12(2,3)11-9-16-14(7-8-14)10-15(11)13(4,5)6/h2*12H,7-11H2,1-6H3;12H,7-11H2,1-6H3;11H,7-10H2,1-6H3. The smallest absolute Gasteiger partial charge is 0.0812 e. The van der Waals surface area contributed by atoms with Gasteiger partial charge in [-0.1, -0.05) is 89.5 Å². The lowest BCUT2D eigenvalue weighted by Crippen LogP contribution is -2.66. The van der Waals surface area contributed by atoms with E-state index < -0.39 is 0 Å². The Morgan fingerprint density at radius 1 is 0.318 bits per heavy atom. The largest absolute Gasteiger partial charge is 0.372 e. The summed E-state index contributed by atoms with van der Waals surface area (Å²) in [5.41, 5.74) is 3.58. The molecule has 0 aromatic heterocycles. The Morgan fingerprint density at radius 2 is 0.606 bits per heavy atom. The van der Waals surface area contributed by atoms with Gasteiger partial charge in [0.25, 0.3) is 0 Å². The maximum absolute atomic E-state index is 6.22. The van der Waals surface area contributed by atoms with Crippen LogP contribution in [-0.4, -0.2) is 128 Å². The second kappa shape index (κ2) is 19.0. The Labute approximate surface area is 411 Å². The van der Waals surface area contributed by atoms with Crippen molar-refractivity contribution in [2.75, 3.05) is 39.5 Å². The molecule has 0 radical (unpaired) electrons. The summed E-state index contributed by atoms with van der Waals surface area (Å²) in [6, 6.07) is 2.38. The lowest BCUT2D eigenvalue weighted by molar-refractivity contribution is -0.204. The monoisotopic (exact) mass is 927 g/mol. The van der Waals surface area contributed by atoms with Crippen LogP contribution >= 0.6 is 0 Å². The molecule has 4 spiro atoms. The molecule has 4 saturated carbocycles. The molecule has 4 saturated heterocycles. The Kier molecular flexibility index (Phi) is 16.3. The van der Waals surface area contributed by atoms with Crippen molar-refractivity contribution < 1.29 is 14.2 Å². The minimum Gasteiger partial charge on any atom is -0.372 e. The fraction of sp³-hybridized carbons (Fsp3) is 1.00. The molecule has 388 valence electrons. The third kappa shape index (κ3) is 13.6. The molecule has 0 aromatic rings. The molecule has 66 heavy (non-hydrogen) atoms. The summed E-state index contributed by atoms with van der Waals surface area (Å²) in [7, 11) is 0. The van der Waals surface area contributed by atoms with Crippen molar-refractivity contribution in [3.63, 3.8) is 0 Å².